The molecule has 5 unspecified atom stereocenters. The van der Waals surface area contributed by atoms with Crippen LogP contribution in [0.25, 0.3) is 0 Å². The summed E-state index contributed by atoms with van der Waals surface area (Å²) in [6.07, 6.45) is 9.06. The molecule has 0 spiro atoms. The fourth-order valence-corrected chi connectivity index (χ4v) is 4.52. The van der Waals surface area contributed by atoms with Crippen molar-refractivity contribution < 1.29 is 9.84 Å². The first-order valence-corrected chi connectivity index (χ1v) is 7.75. The maximum atomic E-state index is 11.3. The van der Waals surface area contributed by atoms with E-state index in [2.05, 4.69) is 4.99 Å². The van der Waals surface area contributed by atoms with Gasteiger partial charge in [0.25, 0.3) is 0 Å². The van der Waals surface area contributed by atoms with E-state index in [1.54, 1.807) is 7.11 Å². The Morgan fingerprint density at radius 3 is 2.79 bits per heavy atom. The number of rotatable bonds is 2. The van der Waals surface area contributed by atoms with Gasteiger partial charge in [-0.1, -0.05) is 19.3 Å². The first kappa shape index (κ1) is 13.4. The zero-order valence-corrected chi connectivity index (χ0v) is 11.8. The molecule has 4 heteroatoms. The number of nitrogens with zero attached hydrogens (tertiary/aromatic N) is 1. The molecule has 1 aliphatic heterocycles. The van der Waals surface area contributed by atoms with Crippen LogP contribution in [0.15, 0.2) is 4.99 Å². The molecular formula is C15H26N2O2. The fourth-order valence-electron chi connectivity index (χ4n) is 4.52. The highest BCUT2D eigenvalue weighted by atomic mass is 16.5. The molecule has 0 saturated heterocycles. The lowest BCUT2D eigenvalue weighted by atomic mass is 9.66. The molecule has 3 N–H and O–H groups in total. The SMILES string of the molecule is COC1CCCC(C2(O)C(N)=NC3CCCCC32)C1. The molecule has 19 heavy (non-hydrogen) atoms. The molecule has 0 bridgehead atoms. The van der Waals surface area contributed by atoms with Crippen LogP contribution in [0, 0.1) is 11.8 Å². The number of hydrogen-bond donors (Lipinski definition) is 2. The summed E-state index contributed by atoms with van der Waals surface area (Å²) < 4.78 is 5.51. The largest absolute Gasteiger partial charge is 0.385 e. The van der Waals surface area contributed by atoms with Gasteiger partial charge < -0.3 is 15.6 Å². The lowest BCUT2D eigenvalue weighted by Crippen LogP contribution is -2.55. The van der Waals surface area contributed by atoms with Gasteiger partial charge in [0.1, 0.15) is 11.4 Å². The van der Waals surface area contributed by atoms with E-state index in [1.807, 2.05) is 0 Å². The van der Waals surface area contributed by atoms with Gasteiger partial charge in [-0.25, -0.2) is 0 Å². The van der Waals surface area contributed by atoms with E-state index < -0.39 is 5.60 Å². The molecular weight excluding hydrogens is 240 g/mol. The molecule has 0 aromatic rings. The van der Waals surface area contributed by atoms with Crippen LogP contribution in [-0.4, -0.2) is 35.8 Å². The summed E-state index contributed by atoms with van der Waals surface area (Å²) in [5.74, 6) is 0.982. The number of fused-ring (bicyclic) bond motifs is 1. The molecule has 5 atom stereocenters. The minimum Gasteiger partial charge on any atom is -0.385 e. The zero-order valence-electron chi connectivity index (χ0n) is 11.8. The van der Waals surface area contributed by atoms with Gasteiger partial charge in [0.2, 0.25) is 0 Å². The van der Waals surface area contributed by atoms with E-state index in [-0.39, 0.29) is 24.0 Å². The molecule has 1 heterocycles. The van der Waals surface area contributed by atoms with Crippen molar-refractivity contribution in [2.75, 3.05) is 7.11 Å². The van der Waals surface area contributed by atoms with Crippen molar-refractivity contribution in [1.82, 2.24) is 0 Å². The van der Waals surface area contributed by atoms with Crippen molar-refractivity contribution in [2.24, 2.45) is 22.6 Å². The van der Waals surface area contributed by atoms with Gasteiger partial charge in [-0.3, -0.25) is 4.99 Å². The summed E-state index contributed by atoms with van der Waals surface area (Å²) in [6.45, 7) is 0. The van der Waals surface area contributed by atoms with E-state index >= 15 is 0 Å². The summed E-state index contributed by atoms with van der Waals surface area (Å²) in [4.78, 5) is 4.59. The van der Waals surface area contributed by atoms with Gasteiger partial charge in [0.15, 0.2) is 0 Å². The number of ether oxygens (including phenoxy) is 1. The average Bonchev–Trinajstić information content (AvgIpc) is 2.72. The molecule has 3 aliphatic rings. The molecule has 2 aliphatic carbocycles. The van der Waals surface area contributed by atoms with Gasteiger partial charge in [0, 0.05) is 13.0 Å². The van der Waals surface area contributed by atoms with E-state index in [9.17, 15) is 5.11 Å². The van der Waals surface area contributed by atoms with Crippen molar-refractivity contribution in [3.63, 3.8) is 0 Å². The molecule has 108 valence electrons. The van der Waals surface area contributed by atoms with E-state index in [4.69, 9.17) is 10.5 Å². The van der Waals surface area contributed by atoms with Crippen molar-refractivity contribution >= 4 is 5.84 Å². The van der Waals surface area contributed by atoms with E-state index in [0.717, 1.165) is 38.5 Å². The van der Waals surface area contributed by atoms with Crippen molar-refractivity contribution in [3.8, 4) is 0 Å². The van der Waals surface area contributed by atoms with Gasteiger partial charge in [-0.05, 0) is 38.0 Å². The second kappa shape index (κ2) is 5.06. The molecule has 0 amide bonds. The second-order valence-electron chi connectivity index (χ2n) is 6.52. The summed E-state index contributed by atoms with van der Waals surface area (Å²) in [5.41, 5.74) is 5.29. The minimum absolute atomic E-state index is 0.225. The molecule has 2 saturated carbocycles. The Hall–Kier alpha value is -0.610. The van der Waals surface area contributed by atoms with Crippen LogP contribution in [0.3, 0.4) is 0 Å². The lowest BCUT2D eigenvalue weighted by molar-refractivity contribution is -0.0575. The number of hydrogen-bond acceptors (Lipinski definition) is 4. The number of nitrogens with two attached hydrogens (primary N) is 1. The third-order valence-electron chi connectivity index (χ3n) is 5.59. The van der Waals surface area contributed by atoms with Crippen LogP contribution < -0.4 is 5.73 Å². The Bertz CT molecular complexity index is 371. The summed E-state index contributed by atoms with van der Waals surface area (Å²) in [6, 6.07) is 0.265. The molecule has 0 radical (unpaired) electrons. The van der Waals surface area contributed by atoms with Crippen LogP contribution >= 0.6 is 0 Å². The molecule has 3 rings (SSSR count). The number of aliphatic imine (C=N–C) groups is 1. The van der Waals surface area contributed by atoms with Crippen LogP contribution in [0.2, 0.25) is 0 Å². The Labute approximate surface area is 115 Å². The molecule has 4 nitrogen and oxygen atoms in total. The standard InChI is InChI=1S/C15H26N2O2/c1-19-11-6-4-5-10(9-11)15(18)12-7-2-3-8-13(12)17-14(15)16/h10-13,18H,2-9H2,1H3,(H2,16,17). The van der Waals surface area contributed by atoms with Crippen LogP contribution in [0.4, 0.5) is 0 Å². The van der Waals surface area contributed by atoms with Gasteiger partial charge in [-0.15, -0.1) is 0 Å². The Kier molecular flexibility index (Phi) is 3.56. The van der Waals surface area contributed by atoms with Gasteiger partial charge in [0.05, 0.1) is 12.1 Å². The predicted octanol–water partition coefficient (Wildman–Crippen LogP) is 1.85. The van der Waals surface area contributed by atoms with E-state index in [0.29, 0.717) is 5.84 Å². The Morgan fingerprint density at radius 1 is 1.21 bits per heavy atom. The van der Waals surface area contributed by atoms with Gasteiger partial charge >= 0.3 is 0 Å². The van der Waals surface area contributed by atoms with E-state index in [1.165, 1.54) is 12.8 Å². The normalized spacial score (nSPS) is 46.7. The first-order valence-electron chi connectivity index (χ1n) is 7.75. The topological polar surface area (TPSA) is 67.8 Å². The van der Waals surface area contributed by atoms with Gasteiger partial charge in [-0.2, -0.15) is 0 Å². The third-order valence-corrected chi connectivity index (χ3v) is 5.59. The quantitative estimate of drug-likeness (QED) is 0.801. The fraction of sp³-hybridized carbons (Fsp3) is 0.933. The number of aliphatic hydroxyl groups is 1. The summed E-state index contributed by atoms with van der Waals surface area (Å²) >= 11 is 0. The molecule has 0 aromatic carbocycles. The van der Waals surface area contributed by atoms with Crippen LogP contribution in [0.1, 0.15) is 51.4 Å². The number of methoxy groups -OCH3 is 1. The highest BCUT2D eigenvalue weighted by Crippen LogP contribution is 2.47. The zero-order chi connectivity index (χ0) is 13.5. The monoisotopic (exact) mass is 266 g/mol. The molecule has 2 fully saturated rings. The van der Waals surface area contributed by atoms with Crippen molar-refractivity contribution in [3.05, 3.63) is 0 Å². The van der Waals surface area contributed by atoms with Crippen molar-refractivity contribution in [1.29, 1.82) is 0 Å². The minimum atomic E-state index is -0.859. The summed E-state index contributed by atoms with van der Waals surface area (Å²) in [7, 11) is 1.77. The highest BCUT2D eigenvalue weighted by molar-refractivity contribution is 5.91. The predicted molar refractivity (Wildman–Crippen MR) is 75.1 cm³/mol. The first-order chi connectivity index (χ1) is 9.16. The van der Waals surface area contributed by atoms with Crippen LogP contribution in [0.5, 0.6) is 0 Å². The smallest absolute Gasteiger partial charge is 0.129 e. The lowest BCUT2D eigenvalue weighted by Gasteiger charge is -2.43. The maximum absolute atomic E-state index is 11.3. The third kappa shape index (κ3) is 2.09. The second-order valence-corrected chi connectivity index (χ2v) is 6.52. The molecule has 0 aromatic heterocycles. The summed E-state index contributed by atoms with van der Waals surface area (Å²) in [5, 5.41) is 11.3. The number of amidine groups is 1. The maximum Gasteiger partial charge on any atom is 0.129 e. The average molecular weight is 266 g/mol. The Balaban J connectivity index is 1.82. The van der Waals surface area contributed by atoms with Crippen molar-refractivity contribution in [2.45, 2.75) is 69.1 Å². The van der Waals surface area contributed by atoms with Crippen LogP contribution in [-0.2, 0) is 4.74 Å². The Morgan fingerprint density at radius 2 is 2.00 bits per heavy atom. The highest BCUT2D eigenvalue weighted by Gasteiger charge is 2.55.